The number of benzene rings is 1. The number of aliphatic carboxylic acids is 1. The maximum atomic E-state index is 13.7. The second kappa shape index (κ2) is 6.17. The number of carbonyl (C=O) groups is 2. The Hall–Kier alpha value is -2.11. The summed E-state index contributed by atoms with van der Waals surface area (Å²) in [4.78, 5) is 23.0. The van der Waals surface area contributed by atoms with Gasteiger partial charge in [-0.25, -0.2) is 9.18 Å². The average Bonchev–Trinajstić information content (AvgIpc) is 2.34. The third-order valence-corrected chi connectivity index (χ3v) is 2.64. The van der Waals surface area contributed by atoms with Gasteiger partial charge in [-0.2, -0.15) is 0 Å². The van der Waals surface area contributed by atoms with Crippen LogP contribution in [0.25, 0.3) is 0 Å². The summed E-state index contributed by atoms with van der Waals surface area (Å²) in [6, 6.07) is 2.87. The average molecular weight is 269 g/mol. The highest BCUT2D eigenvalue weighted by Gasteiger charge is 2.26. The molecule has 0 aliphatic carbocycles. The van der Waals surface area contributed by atoms with E-state index >= 15 is 0 Å². The number of carbonyl (C=O) groups excluding carboxylic acids is 1. The van der Waals surface area contributed by atoms with Crippen molar-refractivity contribution in [3.05, 3.63) is 29.6 Å². The van der Waals surface area contributed by atoms with Crippen molar-refractivity contribution in [2.75, 3.05) is 7.11 Å². The highest BCUT2D eigenvalue weighted by Crippen LogP contribution is 2.21. The lowest BCUT2D eigenvalue weighted by Crippen LogP contribution is -2.44. The number of amides is 1. The number of rotatable bonds is 5. The molecule has 1 aromatic rings. The lowest BCUT2D eigenvalue weighted by Gasteiger charge is -2.18. The van der Waals surface area contributed by atoms with Crippen LogP contribution in [0.4, 0.5) is 4.39 Å². The van der Waals surface area contributed by atoms with Crippen molar-refractivity contribution in [3.8, 4) is 5.75 Å². The van der Waals surface area contributed by atoms with E-state index in [0.29, 0.717) is 0 Å². The van der Waals surface area contributed by atoms with Crippen molar-refractivity contribution in [1.29, 1.82) is 0 Å². The Bertz CT molecular complexity index is 488. The van der Waals surface area contributed by atoms with Crippen LogP contribution in [0, 0.1) is 11.7 Å². The lowest BCUT2D eigenvalue weighted by molar-refractivity contribution is -0.140. The van der Waals surface area contributed by atoms with Gasteiger partial charge in [-0.05, 0) is 18.1 Å². The number of carboxylic acid groups (broad SMARTS) is 1. The SMILES string of the molecule is COc1cccc(F)c1C(=O)N[C@H](C(=O)O)C(C)C. The minimum atomic E-state index is -1.17. The summed E-state index contributed by atoms with van der Waals surface area (Å²) < 4.78 is 18.6. The first kappa shape index (κ1) is 14.9. The summed E-state index contributed by atoms with van der Waals surface area (Å²) >= 11 is 0. The van der Waals surface area contributed by atoms with Gasteiger partial charge >= 0.3 is 5.97 Å². The predicted molar refractivity (Wildman–Crippen MR) is 66.7 cm³/mol. The van der Waals surface area contributed by atoms with Crippen molar-refractivity contribution in [2.45, 2.75) is 19.9 Å². The molecular weight excluding hydrogens is 253 g/mol. The van der Waals surface area contributed by atoms with E-state index in [1.807, 2.05) is 0 Å². The summed E-state index contributed by atoms with van der Waals surface area (Å²) in [5, 5.41) is 11.3. The third kappa shape index (κ3) is 3.43. The minimum Gasteiger partial charge on any atom is -0.496 e. The van der Waals surface area contributed by atoms with Crippen LogP contribution >= 0.6 is 0 Å². The van der Waals surface area contributed by atoms with E-state index in [2.05, 4.69) is 5.32 Å². The first-order chi connectivity index (χ1) is 8.88. The molecule has 0 aliphatic rings. The summed E-state index contributed by atoms with van der Waals surface area (Å²) in [7, 11) is 1.31. The van der Waals surface area contributed by atoms with Crippen molar-refractivity contribution in [2.24, 2.45) is 5.92 Å². The maximum Gasteiger partial charge on any atom is 0.326 e. The molecule has 0 radical (unpaired) electrons. The second-order valence-corrected chi connectivity index (χ2v) is 4.35. The van der Waals surface area contributed by atoms with Gasteiger partial charge in [0.05, 0.1) is 7.11 Å². The van der Waals surface area contributed by atoms with Gasteiger partial charge in [-0.1, -0.05) is 19.9 Å². The molecule has 2 N–H and O–H groups in total. The summed E-state index contributed by atoms with van der Waals surface area (Å²) in [6.45, 7) is 3.30. The molecule has 0 aromatic heterocycles. The molecule has 1 amide bonds. The van der Waals surface area contributed by atoms with Crippen LogP contribution in [0.3, 0.4) is 0 Å². The fraction of sp³-hybridized carbons (Fsp3) is 0.385. The number of ether oxygens (including phenoxy) is 1. The Morgan fingerprint density at radius 1 is 1.37 bits per heavy atom. The van der Waals surface area contributed by atoms with E-state index in [4.69, 9.17) is 9.84 Å². The molecule has 0 fully saturated rings. The van der Waals surface area contributed by atoms with Crippen molar-refractivity contribution in [3.63, 3.8) is 0 Å². The Labute approximate surface area is 110 Å². The molecule has 1 aromatic carbocycles. The summed E-state index contributed by atoms with van der Waals surface area (Å²) in [5.74, 6) is -3.00. The first-order valence-electron chi connectivity index (χ1n) is 5.74. The fourth-order valence-corrected chi connectivity index (χ4v) is 1.62. The number of hydrogen-bond acceptors (Lipinski definition) is 3. The van der Waals surface area contributed by atoms with Crippen LogP contribution < -0.4 is 10.1 Å². The van der Waals surface area contributed by atoms with Crippen LogP contribution in [0.1, 0.15) is 24.2 Å². The van der Waals surface area contributed by atoms with Gasteiger partial charge < -0.3 is 15.2 Å². The Kier molecular flexibility index (Phi) is 4.86. The van der Waals surface area contributed by atoms with Gasteiger partial charge in [0, 0.05) is 0 Å². The smallest absolute Gasteiger partial charge is 0.326 e. The Balaban J connectivity index is 3.04. The topological polar surface area (TPSA) is 75.6 Å². The number of carboxylic acids is 1. The highest BCUT2D eigenvalue weighted by molar-refractivity contribution is 5.99. The van der Waals surface area contributed by atoms with E-state index in [9.17, 15) is 14.0 Å². The van der Waals surface area contributed by atoms with E-state index in [1.165, 1.54) is 19.2 Å². The van der Waals surface area contributed by atoms with E-state index in [1.54, 1.807) is 13.8 Å². The van der Waals surface area contributed by atoms with Crippen LogP contribution in [-0.4, -0.2) is 30.1 Å². The van der Waals surface area contributed by atoms with Gasteiger partial charge in [0.25, 0.3) is 5.91 Å². The van der Waals surface area contributed by atoms with Crippen LogP contribution in [-0.2, 0) is 4.79 Å². The molecule has 0 saturated carbocycles. The molecule has 1 rings (SSSR count). The van der Waals surface area contributed by atoms with E-state index in [-0.39, 0.29) is 17.2 Å². The van der Waals surface area contributed by atoms with Gasteiger partial charge in [-0.15, -0.1) is 0 Å². The molecule has 5 nitrogen and oxygen atoms in total. The summed E-state index contributed by atoms with van der Waals surface area (Å²) in [5.41, 5.74) is -0.295. The number of methoxy groups -OCH3 is 1. The van der Waals surface area contributed by atoms with Crippen LogP contribution in [0.15, 0.2) is 18.2 Å². The van der Waals surface area contributed by atoms with Gasteiger partial charge in [0.2, 0.25) is 0 Å². The predicted octanol–water partition coefficient (Wildman–Crippen LogP) is 1.67. The zero-order valence-electron chi connectivity index (χ0n) is 10.9. The zero-order valence-corrected chi connectivity index (χ0v) is 10.9. The molecule has 0 heterocycles. The number of nitrogens with one attached hydrogen (secondary N) is 1. The number of hydrogen-bond donors (Lipinski definition) is 2. The molecule has 0 unspecified atom stereocenters. The monoisotopic (exact) mass is 269 g/mol. The summed E-state index contributed by atoms with van der Waals surface area (Å²) in [6.07, 6.45) is 0. The maximum absolute atomic E-state index is 13.7. The van der Waals surface area contributed by atoms with Crippen molar-refractivity contribution < 1.29 is 23.8 Å². The Morgan fingerprint density at radius 3 is 2.47 bits per heavy atom. The normalized spacial score (nSPS) is 12.1. The molecule has 0 bridgehead atoms. The highest BCUT2D eigenvalue weighted by atomic mass is 19.1. The lowest BCUT2D eigenvalue weighted by atomic mass is 10.0. The standard InChI is InChI=1S/C13H16FNO4/c1-7(2)11(13(17)18)15-12(16)10-8(14)5-4-6-9(10)19-3/h4-7,11H,1-3H3,(H,15,16)(H,17,18)/t11-/m0/s1. The largest absolute Gasteiger partial charge is 0.496 e. The van der Waals surface area contributed by atoms with E-state index < -0.39 is 23.7 Å². The second-order valence-electron chi connectivity index (χ2n) is 4.35. The quantitative estimate of drug-likeness (QED) is 0.852. The molecule has 1 atom stereocenters. The Morgan fingerprint density at radius 2 is 2.00 bits per heavy atom. The number of halogens is 1. The molecule has 0 spiro atoms. The molecular formula is C13H16FNO4. The van der Waals surface area contributed by atoms with Gasteiger partial charge in [0.1, 0.15) is 23.2 Å². The third-order valence-electron chi connectivity index (χ3n) is 2.64. The molecule has 104 valence electrons. The van der Waals surface area contributed by atoms with Gasteiger partial charge in [0.15, 0.2) is 0 Å². The van der Waals surface area contributed by atoms with Crippen LogP contribution in [0.5, 0.6) is 5.75 Å². The molecule has 19 heavy (non-hydrogen) atoms. The van der Waals surface area contributed by atoms with Crippen LogP contribution in [0.2, 0.25) is 0 Å². The van der Waals surface area contributed by atoms with Gasteiger partial charge in [-0.3, -0.25) is 4.79 Å². The fourth-order valence-electron chi connectivity index (χ4n) is 1.62. The molecule has 0 aliphatic heterocycles. The minimum absolute atomic E-state index is 0.0606. The molecule has 0 saturated heterocycles. The zero-order chi connectivity index (χ0) is 14.6. The van der Waals surface area contributed by atoms with Crippen molar-refractivity contribution in [1.82, 2.24) is 5.32 Å². The first-order valence-corrected chi connectivity index (χ1v) is 5.74. The molecule has 6 heteroatoms. The van der Waals surface area contributed by atoms with E-state index in [0.717, 1.165) is 6.07 Å². The van der Waals surface area contributed by atoms with Crippen molar-refractivity contribution >= 4 is 11.9 Å².